The summed E-state index contributed by atoms with van der Waals surface area (Å²) in [6, 6.07) is 7.47. The van der Waals surface area contributed by atoms with Gasteiger partial charge in [-0.15, -0.1) is 11.3 Å². The molecule has 0 radical (unpaired) electrons. The van der Waals surface area contributed by atoms with E-state index in [0.717, 1.165) is 15.7 Å². The van der Waals surface area contributed by atoms with Crippen LogP contribution in [0.4, 0.5) is 5.13 Å². The van der Waals surface area contributed by atoms with Crippen LogP contribution in [0.25, 0.3) is 11.3 Å². The van der Waals surface area contributed by atoms with Crippen molar-refractivity contribution in [1.29, 1.82) is 5.26 Å². The van der Waals surface area contributed by atoms with E-state index < -0.39 is 0 Å². The van der Waals surface area contributed by atoms with E-state index in [-0.39, 0.29) is 0 Å². The summed E-state index contributed by atoms with van der Waals surface area (Å²) < 4.78 is 0.909. The fraction of sp³-hybridized carbons (Fsp3) is 0. The number of nitrogen functional groups attached to an aromatic ring is 1. The number of benzene rings is 1. The van der Waals surface area contributed by atoms with Crippen molar-refractivity contribution in [3.8, 4) is 17.3 Å². The minimum absolute atomic E-state index is 0.527. The number of aromatic nitrogens is 1. The lowest BCUT2D eigenvalue weighted by Gasteiger charge is -2.00. The molecule has 2 rings (SSSR count). The molecule has 3 nitrogen and oxygen atoms in total. The van der Waals surface area contributed by atoms with Gasteiger partial charge >= 0.3 is 0 Å². The maximum atomic E-state index is 8.80. The summed E-state index contributed by atoms with van der Waals surface area (Å²) in [5.74, 6) is 0. The Morgan fingerprint density at radius 1 is 1.47 bits per heavy atom. The Balaban J connectivity index is 2.57. The first-order chi connectivity index (χ1) is 7.20. The Morgan fingerprint density at radius 3 is 2.87 bits per heavy atom. The minimum Gasteiger partial charge on any atom is -0.375 e. The van der Waals surface area contributed by atoms with E-state index in [4.69, 9.17) is 11.0 Å². The van der Waals surface area contributed by atoms with Gasteiger partial charge in [0, 0.05) is 15.4 Å². The number of nitrogens with two attached hydrogens (primary N) is 1. The summed E-state index contributed by atoms with van der Waals surface area (Å²) in [6.45, 7) is 0. The third-order valence-electron chi connectivity index (χ3n) is 1.89. The van der Waals surface area contributed by atoms with Crippen molar-refractivity contribution in [2.75, 3.05) is 5.73 Å². The molecule has 0 aliphatic heterocycles. The lowest BCUT2D eigenvalue weighted by Crippen LogP contribution is -1.85. The first kappa shape index (κ1) is 10.1. The molecule has 0 aliphatic rings. The van der Waals surface area contributed by atoms with Gasteiger partial charge in [0.25, 0.3) is 0 Å². The second kappa shape index (κ2) is 4.01. The number of nitriles is 1. The summed E-state index contributed by atoms with van der Waals surface area (Å²) in [6.07, 6.45) is 0. The largest absolute Gasteiger partial charge is 0.375 e. The summed E-state index contributed by atoms with van der Waals surface area (Å²) in [7, 11) is 0. The molecule has 5 heteroatoms. The van der Waals surface area contributed by atoms with E-state index in [0.29, 0.717) is 10.7 Å². The van der Waals surface area contributed by atoms with Crippen LogP contribution in [0.1, 0.15) is 5.56 Å². The van der Waals surface area contributed by atoms with Gasteiger partial charge in [-0.2, -0.15) is 5.26 Å². The van der Waals surface area contributed by atoms with Crippen LogP contribution in [-0.4, -0.2) is 4.98 Å². The summed E-state index contributed by atoms with van der Waals surface area (Å²) in [4.78, 5) is 4.17. The average molecular weight is 280 g/mol. The highest BCUT2D eigenvalue weighted by molar-refractivity contribution is 9.10. The van der Waals surface area contributed by atoms with Gasteiger partial charge in [0.1, 0.15) is 0 Å². The van der Waals surface area contributed by atoms with Gasteiger partial charge in [-0.25, -0.2) is 4.98 Å². The van der Waals surface area contributed by atoms with Gasteiger partial charge in [-0.1, -0.05) is 15.9 Å². The molecule has 15 heavy (non-hydrogen) atoms. The lowest BCUT2D eigenvalue weighted by molar-refractivity contribution is 1.39. The average Bonchev–Trinajstić information content (AvgIpc) is 2.65. The zero-order valence-corrected chi connectivity index (χ0v) is 9.97. The molecule has 0 unspecified atom stereocenters. The minimum atomic E-state index is 0.527. The Bertz CT molecular complexity index is 542. The zero-order chi connectivity index (χ0) is 10.8. The van der Waals surface area contributed by atoms with Crippen molar-refractivity contribution in [2.24, 2.45) is 0 Å². The molecule has 1 aromatic carbocycles. The fourth-order valence-electron chi connectivity index (χ4n) is 1.20. The van der Waals surface area contributed by atoms with Crippen molar-refractivity contribution in [3.63, 3.8) is 0 Å². The molecule has 2 N–H and O–H groups in total. The second-order valence-corrected chi connectivity index (χ2v) is 4.62. The molecular formula is C10H6BrN3S. The van der Waals surface area contributed by atoms with Crippen LogP contribution >= 0.6 is 27.3 Å². The molecular weight excluding hydrogens is 274 g/mol. The maximum absolute atomic E-state index is 8.80. The molecule has 1 aromatic heterocycles. The standard InChI is InChI=1S/C10H6BrN3S/c11-8-2-1-6(4-12)3-7(8)9-5-15-10(13)14-9/h1-3,5H,(H2,13,14). The van der Waals surface area contributed by atoms with Gasteiger partial charge in [-0.3, -0.25) is 0 Å². The number of halogens is 1. The highest BCUT2D eigenvalue weighted by Gasteiger charge is 2.07. The number of anilines is 1. The van der Waals surface area contributed by atoms with Gasteiger partial charge in [0.05, 0.1) is 17.3 Å². The van der Waals surface area contributed by atoms with E-state index in [1.54, 1.807) is 12.1 Å². The van der Waals surface area contributed by atoms with Crippen molar-refractivity contribution in [3.05, 3.63) is 33.6 Å². The first-order valence-corrected chi connectivity index (χ1v) is 5.79. The van der Waals surface area contributed by atoms with E-state index in [1.165, 1.54) is 11.3 Å². The molecule has 0 fully saturated rings. The van der Waals surface area contributed by atoms with Crippen LogP contribution in [0, 0.1) is 11.3 Å². The van der Waals surface area contributed by atoms with Gasteiger partial charge in [-0.05, 0) is 18.2 Å². The van der Waals surface area contributed by atoms with E-state index >= 15 is 0 Å². The number of hydrogen-bond donors (Lipinski definition) is 1. The Morgan fingerprint density at radius 2 is 2.27 bits per heavy atom. The highest BCUT2D eigenvalue weighted by atomic mass is 79.9. The summed E-state index contributed by atoms with van der Waals surface area (Å²) in [5, 5.41) is 11.2. The number of rotatable bonds is 1. The van der Waals surface area contributed by atoms with Gasteiger partial charge < -0.3 is 5.73 Å². The number of hydrogen-bond acceptors (Lipinski definition) is 4. The third kappa shape index (κ3) is 2.01. The smallest absolute Gasteiger partial charge is 0.180 e. The van der Waals surface area contributed by atoms with Gasteiger partial charge in [0.15, 0.2) is 5.13 Å². The Kier molecular flexibility index (Phi) is 2.71. The van der Waals surface area contributed by atoms with Crippen molar-refractivity contribution in [1.82, 2.24) is 4.98 Å². The third-order valence-corrected chi connectivity index (χ3v) is 3.26. The van der Waals surface area contributed by atoms with Crippen molar-refractivity contribution < 1.29 is 0 Å². The van der Waals surface area contributed by atoms with Crippen LogP contribution in [0.3, 0.4) is 0 Å². The van der Waals surface area contributed by atoms with Crippen LogP contribution in [0.2, 0.25) is 0 Å². The van der Waals surface area contributed by atoms with Gasteiger partial charge in [0.2, 0.25) is 0 Å². The molecule has 0 aliphatic carbocycles. The summed E-state index contributed by atoms with van der Waals surface area (Å²) >= 11 is 4.80. The maximum Gasteiger partial charge on any atom is 0.180 e. The van der Waals surface area contributed by atoms with Crippen molar-refractivity contribution in [2.45, 2.75) is 0 Å². The molecule has 74 valence electrons. The zero-order valence-electron chi connectivity index (χ0n) is 7.57. The Hall–Kier alpha value is -1.38. The normalized spacial score (nSPS) is 9.87. The molecule has 0 bridgehead atoms. The predicted molar refractivity (Wildman–Crippen MR) is 64.4 cm³/mol. The highest BCUT2D eigenvalue weighted by Crippen LogP contribution is 2.30. The summed E-state index contributed by atoms with van der Waals surface area (Å²) in [5.41, 5.74) is 7.86. The molecule has 2 aromatic rings. The second-order valence-electron chi connectivity index (χ2n) is 2.88. The van der Waals surface area contributed by atoms with Crippen molar-refractivity contribution >= 4 is 32.4 Å². The first-order valence-electron chi connectivity index (χ1n) is 4.12. The molecule has 0 amide bonds. The van der Waals surface area contributed by atoms with E-state index in [1.807, 2.05) is 11.4 Å². The predicted octanol–water partition coefficient (Wildman–Crippen LogP) is 3.03. The molecule has 0 saturated carbocycles. The molecule has 0 spiro atoms. The number of nitrogens with zero attached hydrogens (tertiary/aromatic N) is 2. The quantitative estimate of drug-likeness (QED) is 0.873. The SMILES string of the molecule is N#Cc1ccc(Br)c(-c2csc(N)n2)c1. The van der Waals surface area contributed by atoms with Crippen LogP contribution in [0.15, 0.2) is 28.1 Å². The van der Waals surface area contributed by atoms with E-state index in [2.05, 4.69) is 27.0 Å². The number of thiazole rings is 1. The van der Waals surface area contributed by atoms with Crippen LogP contribution < -0.4 is 5.73 Å². The topological polar surface area (TPSA) is 62.7 Å². The molecule has 0 saturated heterocycles. The van der Waals surface area contributed by atoms with E-state index in [9.17, 15) is 0 Å². The monoisotopic (exact) mass is 279 g/mol. The lowest BCUT2D eigenvalue weighted by atomic mass is 10.1. The van der Waals surface area contributed by atoms with Crippen LogP contribution in [0.5, 0.6) is 0 Å². The Labute approximate surface area is 99.3 Å². The molecule has 0 atom stereocenters. The van der Waals surface area contributed by atoms with Crippen LogP contribution in [-0.2, 0) is 0 Å². The molecule has 1 heterocycles. The fourth-order valence-corrected chi connectivity index (χ4v) is 2.22.